The van der Waals surface area contributed by atoms with Crippen LogP contribution in [0.1, 0.15) is 18.4 Å². The number of amidine groups is 1. The van der Waals surface area contributed by atoms with E-state index in [-0.39, 0.29) is 5.84 Å². The predicted molar refractivity (Wildman–Crippen MR) is 61.8 cm³/mol. The first-order valence-electron chi connectivity index (χ1n) is 5.05. The Hall–Kier alpha value is -2.17. The van der Waals surface area contributed by atoms with Crippen molar-refractivity contribution in [2.45, 2.75) is 13.3 Å². The van der Waals surface area contributed by atoms with Crippen molar-refractivity contribution in [3.8, 4) is 5.69 Å². The minimum atomic E-state index is -0.0278. The van der Waals surface area contributed by atoms with E-state index >= 15 is 0 Å². The average molecular weight is 215 g/mol. The fourth-order valence-electron chi connectivity index (χ4n) is 1.55. The highest BCUT2D eigenvalue weighted by Crippen LogP contribution is 2.11. The highest BCUT2D eigenvalue weighted by atomic mass is 15.1. The number of nitrogens with zero attached hydrogens (tertiary/aromatic N) is 3. The van der Waals surface area contributed by atoms with Crippen LogP contribution in [0.4, 0.5) is 0 Å². The minimum Gasteiger partial charge on any atom is -0.382 e. The van der Waals surface area contributed by atoms with Crippen LogP contribution in [-0.4, -0.2) is 20.4 Å². The standard InChI is InChI=1S/C11H13N5/c1-2-10-15-5-6-16(10)8-3-4-14-9(7-8)11(12)13/h3-7H,2H2,1H3,(H3,12,13). The van der Waals surface area contributed by atoms with Gasteiger partial charge in [-0.1, -0.05) is 6.92 Å². The lowest BCUT2D eigenvalue weighted by Crippen LogP contribution is -2.13. The van der Waals surface area contributed by atoms with Gasteiger partial charge in [0.2, 0.25) is 0 Å². The van der Waals surface area contributed by atoms with Crippen molar-refractivity contribution in [2.24, 2.45) is 5.73 Å². The first-order chi connectivity index (χ1) is 7.72. The number of aryl methyl sites for hydroxylation is 1. The molecule has 2 heterocycles. The Morgan fingerprint density at radius 3 is 2.94 bits per heavy atom. The molecule has 0 atom stereocenters. The van der Waals surface area contributed by atoms with Gasteiger partial charge >= 0.3 is 0 Å². The summed E-state index contributed by atoms with van der Waals surface area (Å²) >= 11 is 0. The number of nitrogen functional groups attached to an aromatic ring is 1. The molecule has 0 bridgehead atoms. The zero-order chi connectivity index (χ0) is 11.5. The van der Waals surface area contributed by atoms with Crippen LogP contribution in [0.25, 0.3) is 5.69 Å². The Morgan fingerprint density at radius 1 is 1.44 bits per heavy atom. The van der Waals surface area contributed by atoms with Crippen molar-refractivity contribution in [1.82, 2.24) is 14.5 Å². The summed E-state index contributed by atoms with van der Waals surface area (Å²) in [5.74, 6) is 0.945. The largest absolute Gasteiger partial charge is 0.382 e. The van der Waals surface area contributed by atoms with Crippen LogP contribution in [0, 0.1) is 5.41 Å². The van der Waals surface area contributed by atoms with Gasteiger partial charge in [-0.2, -0.15) is 0 Å². The van der Waals surface area contributed by atoms with E-state index in [4.69, 9.17) is 11.1 Å². The van der Waals surface area contributed by atoms with E-state index in [1.165, 1.54) is 0 Å². The van der Waals surface area contributed by atoms with Crippen molar-refractivity contribution in [1.29, 1.82) is 5.41 Å². The number of pyridine rings is 1. The van der Waals surface area contributed by atoms with Crippen LogP contribution >= 0.6 is 0 Å². The monoisotopic (exact) mass is 215 g/mol. The minimum absolute atomic E-state index is 0.0278. The topological polar surface area (TPSA) is 80.6 Å². The van der Waals surface area contributed by atoms with Gasteiger partial charge < -0.3 is 10.3 Å². The maximum Gasteiger partial charge on any atom is 0.141 e. The molecule has 0 saturated heterocycles. The van der Waals surface area contributed by atoms with Gasteiger partial charge in [0.05, 0.1) is 5.69 Å². The second-order valence-corrected chi connectivity index (χ2v) is 3.38. The third-order valence-corrected chi connectivity index (χ3v) is 2.33. The molecule has 5 nitrogen and oxygen atoms in total. The maximum atomic E-state index is 7.35. The molecule has 0 amide bonds. The van der Waals surface area contributed by atoms with Crippen LogP contribution in [0.15, 0.2) is 30.7 Å². The van der Waals surface area contributed by atoms with Crippen molar-refractivity contribution in [2.75, 3.05) is 0 Å². The van der Waals surface area contributed by atoms with Crippen LogP contribution in [0.2, 0.25) is 0 Å². The molecule has 0 aliphatic rings. The molecule has 3 N–H and O–H groups in total. The molecule has 5 heteroatoms. The predicted octanol–water partition coefficient (Wildman–Crippen LogP) is 1.11. The molecular formula is C11H13N5. The van der Waals surface area contributed by atoms with Crippen molar-refractivity contribution < 1.29 is 0 Å². The number of imidazole rings is 1. The van der Waals surface area contributed by atoms with E-state index in [9.17, 15) is 0 Å². The lowest BCUT2D eigenvalue weighted by Gasteiger charge is -2.07. The molecule has 0 aliphatic heterocycles. The zero-order valence-corrected chi connectivity index (χ0v) is 9.01. The molecule has 82 valence electrons. The first kappa shape index (κ1) is 10.4. The number of rotatable bonds is 3. The quantitative estimate of drug-likeness (QED) is 0.594. The van der Waals surface area contributed by atoms with Gasteiger partial charge in [0.1, 0.15) is 17.4 Å². The second-order valence-electron chi connectivity index (χ2n) is 3.38. The summed E-state index contributed by atoms with van der Waals surface area (Å²) in [4.78, 5) is 8.26. The molecule has 2 aromatic heterocycles. The number of hydrogen-bond donors (Lipinski definition) is 2. The molecule has 2 rings (SSSR count). The molecule has 0 fully saturated rings. The van der Waals surface area contributed by atoms with Gasteiger partial charge in [-0.05, 0) is 12.1 Å². The van der Waals surface area contributed by atoms with Crippen molar-refractivity contribution in [3.05, 3.63) is 42.2 Å². The summed E-state index contributed by atoms with van der Waals surface area (Å²) in [6.07, 6.45) is 6.14. The molecule has 0 aromatic carbocycles. The van der Waals surface area contributed by atoms with E-state index in [2.05, 4.69) is 9.97 Å². The van der Waals surface area contributed by atoms with E-state index in [1.807, 2.05) is 23.8 Å². The summed E-state index contributed by atoms with van der Waals surface area (Å²) in [5, 5.41) is 7.35. The summed E-state index contributed by atoms with van der Waals surface area (Å²) in [6.45, 7) is 2.05. The average Bonchev–Trinajstić information content (AvgIpc) is 2.77. The van der Waals surface area contributed by atoms with E-state index < -0.39 is 0 Å². The van der Waals surface area contributed by atoms with E-state index in [0.29, 0.717) is 5.69 Å². The smallest absolute Gasteiger partial charge is 0.141 e. The molecular weight excluding hydrogens is 202 g/mol. The Bertz CT molecular complexity index is 515. The Labute approximate surface area is 93.5 Å². The molecule has 0 saturated carbocycles. The molecule has 0 unspecified atom stereocenters. The summed E-state index contributed by atoms with van der Waals surface area (Å²) in [6, 6.07) is 3.65. The molecule has 2 aromatic rings. The zero-order valence-electron chi connectivity index (χ0n) is 9.01. The van der Waals surface area contributed by atoms with Gasteiger partial charge in [0, 0.05) is 25.0 Å². The lowest BCUT2D eigenvalue weighted by atomic mass is 10.3. The fraction of sp³-hybridized carbons (Fsp3) is 0.182. The van der Waals surface area contributed by atoms with Gasteiger partial charge in [0.15, 0.2) is 0 Å². The third kappa shape index (κ3) is 1.79. The van der Waals surface area contributed by atoms with Gasteiger partial charge in [0.25, 0.3) is 0 Å². The Morgan fingerprint density at radius 2 is 2.25 bits per heavy atom. The summed E-state index contributed by atoms with van der Waals surface area (Å²) < 4.78 is 1.97. The van der Waals surface area contributed by atoms with Gasteiger partial charge in [-0.3, -0.25) is 10.4 Å². The summed E-state index contributed by atoms with van der Waals surface area (Å²) in [5.41, 5.74) is 6.81. The Balaban J connectivity index is 2.48. The van der Waals surface area contributed by atoms with Crippen molar-refractivity contribution in [3.63, 3.8) is 0 Å². The highest BCUT2D eigenvalue weighted by Gasteiger charge is 2.05. The molecule has 16 heavy (non-hydrogen) atoms. The first-order valence-corrected chi connectivity index (χ1v) is 5.05. The number of nitrogens with two attached hydrogens (primary N) is 1. The fourth-order valence-corrected chi connectivity index (χ4v) is 1.55. The molecule has 0 aliphatic carbocycles. The van der Waals surface area contributed by atoms with Crippen LogP contribution in [-0.2, 0) is 6.42 Å². The normalized spacial score (nSPS) is 10.3. The van der Waals surface area contributed by atoms with E-state index in [1.54, 1.807) is 18.5 Å². The molecule has 0 spiro atoms. The Kier molecular flexibility index (Phi) is 2.68. The van der Waals surface area contributed by atoms with Crippen LogP contribution in [0.3, 0.4) is 0 Å². The van der Waals surface area contributed by atoms with Crippen molar-refractivity contribution >= 4 is 5.84 Å². The third-order valence-electron chi connectivity index (χ3n) is 2.33. The second kappa shape index (κ2) is 4.14. The van der Waals surface area contributed by atoms with Crippen LogP contribution in [0.5, 0.6) is 0 Å². The highest BCUT2D eigenvalue weighted by molar-refractivity contribution is 5.93. The number of aromatic nitrogens is 3. The maximum absolute atomic E-state index is 7.35. The van der Waals surface area contributed by atoms with Crippen LogP contribution < -0.4 is 5.73 Å². The van der Waals surface area contributed by atoms with Gasteiger partial charge in [-0.15, -0.1) is 0 Å². The van der Waals surface area contributed by atoms with E-state index in [0.717, 1.165) is 17.9 Å². The lowest BCUT2D eigenvalue weighted by molar-refractivity contribution is 0.888. The number of hydrogen-bond acceptors (Lipinski definition) is 3. The molecule has 0 radical (unpaired) electrons. The van der Waals surface area contributed by atoms with Gasteiger partial charge in [-0.25, -0.2) is 4.98 Å². The summed E-state index contributed by atoms with van der Waals surface area (Å²) in [7, 11) is 0. The number of nitrogens with one attached hydrogen (secondary N) is 1. The SMILES string of the molecule is CCc1nccn1-c1ccnc(C(=N)N)c1.